The first-order valence-electron chi connectivity index (χ1n) is 5.52. The smallest absolute Gasteiger partial charge is 0.476 e. The molecule has 0 atom stereocenters. The van der Waals surface area contributed by atoms with Crippen LogP contribution in [-0.4, -0.2) is 27.4 Å². The van der Waals surface area contributed by atoms with E-state index in [1.807, 2.05) is 0 Å². The molecule has 1 aromatic carbocycles. The fraction of sp³-hybridized carbons (Fsp3) is 0.0833. The van der Waals surface area contributed by atoms with Gasteiger partial charge in [0.05, 0.1) is 12.4 Å². The maximum atomic E-state index is 12.0. The molecule has 2 aromatic rings. The number of aromatic nitrogens is 2. The highest BCUT2D eigenvalue weighted by Gasteiger charge is 2.30. The Bertz CT molecular complexity index is 644. The number of carboxylic acid groups (broad SMARTS) is 1. The number of carbonyl (C=O) groups is 1. The van der Waals surface area contributed by atoms with Gasteiger partial charge in [0.2, 0.25) is 0 Å². The summed E-state index contributed by atoms with van der Waals surface area (Å²) >= 11 is 0. The number of hydrogen-bond donors (Lipinski definition) is 2. The van der Waals surface area contributed by atoms with Crippen LogP contribution in [0, 0.1) is 0 Å². The van der Waals surface area contributed by atoms with Gasteiger partial charge < -0.3 is 15.2 Å². The van der Waals surface area contributed by atoms with Gasteiger partial charge in [0.1, 0.15) is 11.6 Å². The molecule has 0 aliphatic carbocycles. The summed E-state index contributed by atoms with van der Waals surface area (Å²) in [4.78, 5) is 18.2. The second-order valence-electron chi connectivity index (χ2n) is 3.79. The normalized spacial score (nSPS) is 11.0. The lowest BCUT2D eigenvalue weighted by Crippen LogP contribution is -2.17. The first-order chi connectivity index (χ1) is 9.83. The minimum atomic E-state index is -4.75. The third-order valence-electron chi connectivity index (χ3n) is 2.21. The average Bonchev–Trinajstić information content (AvgIpc) is 2.40. The van der Waals surface area contributed by atoms with Gasteiger partial charge in [-0.2, -0.15) is 0 Å². The van der Waals surface area contributed by atoms with Crippen LogP contribution in [0.15, 0.2) is 36.7 Å². The number of nitrogens with one attached hydrogen (secondary N) is 1. The predicted molar refractivity (Wildman–Crippen MR) is 65.4 cm³/mol. The van der Waals surface area contributed by atoms with Gasteiger partial charge in [-0.05, 0) is 24.3 Å². The Morgan fingerprint density at radius 3 is 2.43 bits per heavy atom. The lowest BCUT2D eigenvalue weighted by Gasteiger charge is -2.10. The van der Waals surface area contributed by atoms with Crippen LogP contribution in [0.5, 0.6) is 5.75 Å². The van der Waals surface area contributed by atoms with Crippen molar-refractivity contribution in [1.82, 2.24) is 9.97 Å². The van der Waals surface area contributed by atoms with Crippen LogP contribution in [0.3, 0.4) is 0 Å². The summed E-state index contributed by atoms with van der Waals surface area (Å²) in [6, 6.07) is 4.89. The highest BCUT2D eigenvalue weighted by molar-refractivity contribution is 5.85. The summed E-state index contributed by atoms with van der Waals surface area (Å²) in [6.45, 7) is 0. The van der Waals surface area contributed by atoms with E-state index in [9.17, 15) is 18.0 Å². The monoisotopic (exact) mass is 299 g/mol. The number of benzene rings is 1. The van der Waals surface area contributed by atoms with Crippen molar-refractivity contribution in [3.05, 3.63) is 42.4 Å². The second-order valence-corrected chi connectivity index (χ2v) is 3.79. The van der Waals surface area contributed by atoms with Crippen molar-refractivity contribution < 1.29 is 27.8 Å². The molecule has 0 saturated carbocycles. The zero-order chi connectivity index (χ0) is 15.5. The quantitative estimate of drug-likeness (QED) is 0.903. The number of rotatable bonds is 4. The number of nitrogens with zero attached hydrogens (tertiary/aromatic N) is 2. The number of halogens is 3. The molecule has 0 aliphatic heterocycles. The molecule has 0 bridgehead atoms. The van der Waals surface area contributed by atoms with Gasteiger partial charge in [-0.25, -0.2) is 9.78 Å². The molecule has 0 spiro atoms. The number of carboxylic acids is 1. The van der Waals surface area contributed by atoms with E-state index >= 15 is 0 Å². The van der Waals surface area contributed by atoms with E-state index in [0.717, 1.165) is 18.3 Å². The Balaban J connectivity index is 2.10. The standard InChI is InChI=1S/C12H8F3N3O3/c13-12(14,15)21-8-3-1-7(2-4-8)17-10-6-16-5-9(18-10)11(19)20/h1-6H,(H,17,18)(H,19,20). The van der Waals surface area contributed by atoms with Crippen LogP contribution in [0.4, 0.5) is 24.7 Å². The molecule has 21 heavy (non-hydrogen) atoms. The molecule has 0 saturated heterocycles. The van der Waals surface area contributed by atoms with Crippen LogP contribution in [0.2, 0.25) is 0 Å². The minimum absolute atomic E-state index is 0.152. The van der Waals surface area contributed by atoms with E-state index in [-0.39, 0.29) is 17.3 Å². The van der Waals surface area contributed by atoms with E-state index < -0.39 is 12.3 Å². The number of ether oxygens (including phenoxy) is 1. The summed E-state index contributed by atoms with van der Waals surface area (Å²) in [6.07, 6.45) is -2.39. The molecular weight excluding hydrogens is 291 g/mol. The van der Waals surface area contributed by atoms with Gasteiger partial charge in [-0.3, -0.25) is 4.98 Å². The molecule has 0 amide bonds. The Morgan fingerprint density at radius 2 is 1.86 bits per heavy atom. The van der Waals surface area contributed by atoms with Gasteiger partial charge in [0, 0.05) is 5.69 Å². The Morgan fingerprint density at radius 1 is 1.19 bits per heavy atom. The van der Waals surface area contributed by atoms with Gasteiger partial charge in [-0.1, -0.05) is 0 Å². The molecule has 2 N–H and O–H groups in total. The molecule has 2 rings (SSSR count). The molecule has 9 heteroatoms. The van der Waals surface area contributed by atoms with E-state index in [1.54, 1.807) is 0 Å². The zero-order valence-electron chi connectivity index (χ0n) is 10.3. The minimum Gasteiger partial charge on any atom is -0.476 e. The maximum absolute atomic E-state index is 12.0. The Hall–Kier alpha value is -2.84. The van der Waals surface area contributed by atoms with Crippen LogP contribution < -0.4 is 10.1 Å². The Kier molecular flexibility index (Phi) is 3.92. The number of hydrogen-bond acceptors (Lipinski definition) is 5. The molecule has 1 aromatic heterocycles. The number of anilines is 2. The van der Waals surface area contributed by atoms with Crippen molar-refractivity contribution in [2.75, 3.05) is 5.32 Å². The van der Waals surface area contributed by atoms with Crippen LogP contribution in [-0.2, 0) is 0 Å². The molecule has 1 heterocycles. The van der Waals surface area contributed by atoms with Gasteiger partial charge in [0.15, 0.2) is 5.69 Å². The predicted octanol–water partition coefficient (Wildman–Crippen LogP) is 2.82. The lowest BCUT2D eigenvalue weighted by molar-refractivity contribution is -0.274. The number of alkyl halides is 3. The summed E-state index contributed by atoms with van der Waals surface area (Å²) in [7, 11) is 0. The molecule has 0 unspecified atom stereocenters. The molecular formula is C12H8F3N3O3. The van der Waals surface area contributed by atoms with E-state index in [2.05, 4.69) is 20.0 Å². The van der Waals surface area contributed by atoms with Crippen molar-refractivity contribution in [2.24, 2.45) is 0 Å². The fourth-order valence-electron chi connectivity index (χ4n) is 1.42. The van der Waals surface area contributed by atoms with Gasteiger partial charge in [-0.15, -0.1) is 13.2 Å². The molecule has 0 fully saturated rings. The molecule has 6 nitrogen and oxygen atoms in total. The van der Waals surface area contributed by atoms with Crippen molar-refractivity contribution >= 4 is 17.5 Å². The SMILES string of the molecule is O=C(O)c1cncc(Nc2ccc(OC(F)(F)F)cc2)n1. The molecule has 110 valence electrons. The van der Waals surface area contributed by atoms with Gasteiger partial charge >= 0.3 is 12.3 Å². The average molecular weight is 299 g/mol. The lowest BCUT2D eigenvalue weighted by atomic mass is 10.3. The highest BCUT2D eigenvalue weighted by Crippen LogP contribution is 2.24. The van der Waals surface area contributed by atoms with Crippen molar-refractivity contribution in [3.8, 4) is 5.75 Å². The van der Waals surface area contributed by atoms with Crippen molar-refractivity contribution in [1.29, 1.82) is 0 Å². The fourth-order valence-corrected chi connectivity index (χ4v) is 1.42. The third kappa shape index (κ3) is 4.34. The maximum Gasteiger partial charge on any atom is 0.573 e. The highest BCUT2D eigenvalue weighted by atomic mass is 19.4. The van der Waals surface area contributed by atoms with E-state index in [0.29, 0.717) is 5.69 Å². The zero-order valence-corrected chi connectivity index (χ0v) is 10.3. The van der Waals surface area contributed by atoms with Crippen LogP contribution in [0.25, 0.3) is 0 Å². The first-order valence-corrected chi connectivity index (χ1v) is 5.52. The van der Waals surface area contributed by atoms with Crippen LogP contribution >= 0.6 is 0 Å². The Labute approximate surface area is 116 Å². The van der Waals surface area contributed by atoms with Crippen molar-refractivity contribution in [3.63, 3.8) is 0 Å². The summed E-state index contributed by atoms with van der Waals surface area (Å²) in [5.41, 5.74) is 0.151. The summed E-state index contributed by atoms with van der Waals surface area (Å²) < 4.78 is 39.7. The second kappa shape index (κ2) is 5.65. The topological polar surface area (TPSA) is 84.3 Å². The third-order valence-corrected chi connectivity index (χ3v) is 2.21. The van der Waals surface area contributed by atoms with Gasteiger partial charge in [0.25, 0.3) is 0 Å². The largest absolute Gasteiger partial charge is 0.573 e. The first kappa shape index (κ1) is 14.6. The summed E-state index contributed by atoms with van der Waals surface area (Å²) in [5.74, 6) is -1.45. The van der Waals surface area contributed by atoms with E-state index in [4.69, 9.17) is 5.11 Å². The molecule has 0 aliphatic rings. The van der Waals surface area contributed by atoms with E-state index in [1.165, 1.54) is 18.3 Å². The molecule has 0 radical (unpaired) electrons. The van der Waals surface area contributed by atoms with Crippen LogP contribution in [0.1, 0.15) is 10.5 Å². The summed E-state index contributed by atoms with van der Waals surface area (Å²) in [5, 5.41) is 11.5. The number of aromatic carboxylic acids is 1. The van der Waals surface area contributed by atoms with Crippen molar-refractivity contribution in [2.45, 2.75) is 6.36 Å².